The number of aromatic nitrogens is 4. The molecule has 0 saturated heterocycles. The van der Waals surface area contributed by atoms with Crippen molar-refractivity contribution in [3.8, 4) is 5.69 Å². The molecule has 0 radical (unpaired) electrons. The van der Waals surface area contributed by atoms with Gasteiger partial charge in [0.1, 0.15) is 5.82 Å². The van der Waals surface area contributed by atoms with Crippen LogP contribution in [0.25, 0.3) is 5.69 Å². The molecule has 2 aromatic carbocycles. The van der Waals surface area contributed by atoms with Crippen molar-refractivity contribution < 1.29 is 8.91 Å². The van der Waals surface area contributed by atoms with Gasteiger partial charge in [0.25, 0.3) is 0 Å². The second-order valence-electron chi connectivity index (χ2n) is 7.55. The maximum atomic E-state index is 13.8. The minimum atomic E-state index is -0.261. The summed E-state index contributed by atoms with van der Waals surface area (Å²) in [4.78, 5) is 6.51. The highest BCUT2D eigenvalue weighted by Crippen LogP contribution is 2.16. The van der Waals surface area contributed by atoms with Gasteiger partial charge < -0.3 is 4.52 Å². The third-order valence-corrected chi connectivity index (χ3v) is 4.84. The molecule has 0 amide bonds. The van der Waals surface area contributed by atoms with Crippen LogP contribution in [0.3, 0.4) is 0 Å². The van der Waals surface area contributed by atoms with E-state index in [1.54, 1.807) is 18.2 Å². The topological polar surface area (TPSA) is 60.0 Å². The van der Waals surface area contributed by atoms with Crippen LogP contribution in [0.15, 0.2) is 59.1 Å². The Morgan fingerprint density at radius 1 is 1.03 bits per heavy atom. The van der Waals surface area contributed by atoms with Gasteiger partial charge in [0, 0.05) is 18.7 Å². The number of benzene rings is 2. The van der Waals surface area contributed by atoms with Gasteiger partial charge in [-0.15, -0.1) is 0 Å². The Kier molecular flexibility index (Phi) is 5.72. The van der Waals surface area contributed by atoms with Gasteiger partial charge in [0.05, 0.1) is 17.9 Å². The molecule has 4 rings (SSSR count). The minimum absolute atomic E-state index is 0.261. The minimum Gasteiger partial charge on any atom is -0.338 e. The highest BCUT2D eigenvalue weighted by Gasteiger charge is 2.12. The van der Waals surface area contributed by atoms with Crippen molar-refractivity contribution in [3.63, 3.8) is 0 Å². The molecule has 154 valence electrons. The molecular weight excluding hydrogens is 381 g/mol. The van der Waals surface area contributed by atoms with Crippen molar-refractivity contribution in [3.05, 3.63) is 94.6 Å². The maximum Gasteiger partial charge on any atom is 0.240 e. The lowest BCUT2D eigenvalue weighted by atomic mass is 10.1. The molecule has 0 N–H and O–H groups in total. The fourth-order valence-corrected chi connectivity index (χ4v) is 3.51. The lowest BCUT2D eigenvalue weighted by Crippen LogP contribution is -2.17. The number of halogens is 1. The first-order chi connectivity index (χ1) is 14.5. The Hall–Kier alpha value is -3.32. The van der Waals surface area contributed by atoms with Gasteiger partial charge in [-0.05, 0) is 56.3 Å². The van der Waals surface area contributed by atoms with E-state index < -0.39 is 0 Å². The van der Waals surface area contributed by atoms with E-state index in [4.69, 9.17) is 4.52 Å². The molecule has 0 fully saturated rings. The van der Waals surface area contributed by atoms with Crippen molar-refractivity contribution in [1.82, 2.24) is 24.8 Å². The van der Waals surface area contributed by atoms with E-state index in [0.29, 0.717) is 30.2 Å². The van der Waals surface area contributed by atoms with E-state index in [2.05, 4.69) is 44.4 Å². The van der Waals surface area contributed by atoms with Crippen molar-refractivity contribution >= 4 is 0 Å². The first kappa shape index (κ1) is 20.0. The van der Waals surface area contributed by atoms with E-state index in [1.807, 2.05) is 31.6 Å². The fraction of sp³-hybridized carbons (Fsp3) is 0.261. The van der Waals surface area contributed by atoms with E-state index >= 15 is 0 Å². The van der Waals surface area contributed by atoms with Crippen LogP contribution in [-0.4, -0.2) is 31.9 Å². The van der Waals surface area contributed by atoms with Crippen LogP contribution in [0.5, 0.6) is 0 Å². The zero-order chi connectivity index (χ0) is 21.1. The standard InChI is InChI=1S/C23H24FN5O/c1-16-11-17(2)29(26-16)20-9-6-7-18(12-20)14-28(3)15-23-25-22(27-30-23)13-19-8-4-5-10-21(19)24/h4-12H,13-15H2,1-3H3. The highest BCUT2D eigenvalue weighted by atomic mass is 19.1. The van der Waals surface area contributed by atoms with Gasteiger partial charge in [-0.3, -0.25) is 4.90 Å². The molecule has 30 heavy (non-hydrogen) atoms. The molecule has 0 aliphatic rings. The predicted molar refractivity (Wildman–Crippen MR) is 112 cm³/mol. The van der Waals surface area contributed by atoms with Crippen molar-refractivity contribution in [2.24, 2.45) is 0 Å². The van der Waals surface area contributed by atoms with Gasteiger partial charge in [-0.1, -0.05) is 35.5 Å². The predicted octanol–water partition coefficient (Wildman–Crippen LogP) is 4.23. The van der Waals surface area contributed by atoms with Gasteiger partial charge in [0.2, 0.25) is 5.89 Å². The Morgan fingerprint density at radius 3 is 2.63 bits per heavy atom. The monoisotopic (exact) mass is 405 g/mol. The molecule has 2 heterocycles. The van der Waals surface area contributed by atoms with Crippen molar-refractivity contribution in [2.75, 3.05) is 7.05 Å². The molecule has 0 aliphatic carbocycles. The molecule has 6 nitrogen and oxygen atoms in total. The van der Waals surface area contributed by atoms with Crippen LogP contribution in [0.1, 0.15) is 34.2 Å². The van der Waals surface area contributed by atoms with E-state index in [-0.39, 0.29) is 5.82 Å². The number of hydrogen-bond donors (Lipinski definition) is 0. The number of nitrogens with zero attached hydrogens (tertiary/aromatic N) is 5. The van der Waals surface area contributed by atoms with Crippen LogP contribution < -0.4 is 0 Å². The summed E-state index contributed by atoms with van der Waals surface area (Å²) >= 11 is 0. The van der Waals surface area contributed by atoms with Crippen LogP contribution >= 0.6 is 0 Å². The molecule has 0 unspecified atom stereocenters. The third kappa shape index (κ3) is 4.63. The molecule has 0 saturated carbocycles. The largest absolute Gasteiger partial charge is 0.338 e. The lowest BCUT2D eigenvalue weighted by Gasteiger charge is -2.15. The summed E-state index contributed by atoms with van der Waals surface area (Å²) in [7, 11) is 2.00. The molecule has 2 aromatic heterocycles. The Bertz CT molecular complexity index is 1150. The second kappa shape index (κ2) is 8.59. The van der Waals surface area contributed by atoms with Crippen LogP contribution in [0.4, 0.5) is 4.39 Å². The molecule has 7 heteroatoms. The summed E-state index contributed by atoms with van der Waals surface area (Å²) in [6.45, 7) is 5.27. The van der Waals surface area contributed by atoms with Gasteiger partial charge >= 0.3 is 0 Å². The van der Waals surface area contributed by atoms with E-state index in [0.717, 1.165) is 29.2 Å². The molecular formula is C23H24FN5O. The molecule has 0 spiro atoms. The summed E-state index contributed by atoms with van der Waals surface area (Å²) in [6.07, 6.45) is 0.310. The average Bonchev–Trinajstić information content (AvgIpc) is 3.29. The Morgan fingerprint density at radius 2 is 1.87 bits per heavy atom. The lowest BCUT2D eigenvalue weighted by molar-refractivity contribution is 0.260. The molecule has 0 aliphatic heterocycles. The number of hydrogen-bond acceptors (Lipinski definition) is 5. The average molecular weight is 405 g/mol. The Balaban J connectivity index is 1.40. The quantitative estimate of drug-likeness (QED) is 0.460. The number of rotatable bonds is 7. The van der Waals surface area contributed by atoms with Gasteiger partial charge in [-0.2, -0.15) is 10.1 Å². The third-order valence-electron chi connectivity index (χ3n) is 4.84. The normalized spacial score (nSPS) is 11.4. The first-order valence-corrected chi connectivity index (χ1v) is 9.84. The Labute approximate surface area is 175 Å². The second-order valence-corrected chi connectivity index (χ2v) is 7.55. The summed E-state index contributed by atoms with van der Waals surface area (Å²) in [5.41, 5.74) is 4.85. The zero-order valence-electron chi connectivity index (χ0n) is 17.3. The molecule has 0 atom stereocenters. The maximum absolute atomic E-state index is 13.8. The van der Waals surface area contributed by atoms with Crippen molar-refractivity contribution in [1.29, 1.82) is 0 Å². The van der Waals surface area contributed by atoms with Crippen LogP contribution in [-0.2, 0) is 19.5 Å². The first-order valence-electron chi connectivity index (χ1n) is 9.84. The summed E-state index contributed by atoms with van der Waals surface area (Å²) in [5, 5.41) is 8.54. The number of aryl methyl sites for hydroxylation is 2. The SMILES string of the molecule is Cc1cc(C)n(-c2cccc(CN(C)Cc3nc(Cc4ccccc4F)no3)c2)n1. The van der Waals surface area contributed by atoms with E-state index in [1.165, 1.54) is 6.07 Å². The summed E-state index contributed by atoms with van der Waals surface area (Å²) < 4.78 is 21.1. The summed E-state index contributed by atoms with van der Waals surface area (Å²) in [6, 6.07) is 17.0. The van der Waals surface area contributed by atoms with E-state index in [9.17, 15) is 4.39 Å². The molecule has 0 bridgehead atoms. The summed E-state index contributed by atoms with van der Waals surface area (Å²) in [5.74, 6) is 0.733. The van der Waals surface area contributed by atoms with Crippen LogP contribution in [0.2, 0.25) is 0 Å². The smallest absolute Gasteiger partial charge is 0.240 e. The van der Waals surface area contributed by atoms with Gasteiger partial charge in [-0.25, -0.2) is 9.07 Å². The van der Waals surface area contributed by atoms with Crippen LogP contribution in [0, 0.1) is 19.7 Å². The zero-order valence-corrected chi connectivity index (χ0v) is 17.3. The molecule has 4 aromatic rings. The highest BCUT2D eigenvalue weighted by molar-refractivity contribution is 5.37. The van der Waals surface area contributed by atoms with Gasteiger partial charge in [0.15, 0.2) is 5.82 Å². The fourth-order valence-electron chi connectivity index (χ4n) is 3.51. The van der Waals surface area contributed by atoms with Crippen molar-refractivity contribution in [2.45, 2.75) is 33.4 Å².